The summed E-state index contributed by atoms with van der Waals surface area (Å²) in [5, 5.41) is 0. The van der Waals surface area contributed by atoms with E-state index in [2.05, 4.69) is 0 Å². The van der Waals surface area contributed by atoms with E-state index in [9.17, 15) is 22.0 Å². The first-order valence-electron chi connectivity index (χ1n) is 9.12. The van der Waals surface area contributed by atoms with Crippen molar-refractivity contribution in [1.82, 2.24) is 9.21 Å². The van der Waals surface area contributed by atoms with Crippen molar-refractivity contribution >= 4 is 15.9 Å². The van der Waals surface area contributed by atoms with Gasteiger partial charge in [0.15, 0.2) is 0 Å². The lowest BCUT2D eigenvalue weighted by molar-refractivity contribution is -0.137. The van der Waals surface area contributed by atoms with E-state index >= 15 is 0 Å². The molecule has 9 heteroatoms. The van der Waals surface area contributed by atoms with Crippen molar-refractivity contribution in [2.75, 3.05) is 26.3 Å². The van der Waals surface area contributed by atoms with Gasteiger partial charge < -0.3 is 9.64 Å². The minimum atomic E-state index is -3.97. The summed E-state index contributed by atoms with van der Waals surface area (Å²) < 4.78 is 58.8. The van der Waals surface area contributed by atoms with Crippen molar-refractivity contribution in [2.24, 2.45) is 0 Å². The quantitative estimate of drug-likeness (QED) is 0.774. The SMILES string of the molecule is CC(=O)N(C1CCOCC1)C1CCN(S(=O)(=O)c2cc(F)cc(F)c2)CC1. The molecule has 2 saturated heterocycles. The first-order valence-corrected chi connectivity index (χ1v) is 10.6. The second kappa shape index (κ2) is 8.20. The van der Waals surface area contributed by atoms with Gasteiger partial charge in [-0.1, -0.05) is 0 Å². The first kappa shape index (κ1) is 20.2. The van der Waals surface area contributed by atoms with Gasteiger partial charge in [-0.05, 0) is 37.8 Å². The molecule has 0 bridgehead atoms. The predicted molar refractivity (Wildman–Crippen MR) is 94.5 cm³/mol. The van der Waals surface area contributed by atoms with Gasteiger partial charge in [-0.2, -0.15) is 4.31 Å². The second-order valence-corrected chi connectivity index (χ2v) is 8.95. The zero-order valence-electron chi connectivity index (χ0n) is 15.2. The summed E-state index contributed by atoms with van der Waals surface area (Å²) in [6, 6.07) is 2.37. The van der Waals surface area contributed by atoms with Crippen LogP contribution >= 0.6 is 0 Å². The Morgan fingerprint density at radius 3 is 2.07 bits per heavy atom. The molecule has 1 aromatic carbocycles. The maximum absolute atomic E-state index is 13.4. The van der Waals surface area contributed by atoms with Gasteiger partial charge in [-0.3, -0.25) is 4.79 Å². The summed E-state index contributed by atoms with van der Waals surface area (Å²) in [5.41, 5.74) is 0. The van der Waals surface area contributed by atoms with Crippen LogP contribution in [0.25, 0.3) is 0 Å². The summed E-state index contributed by atoms with van der Waals surface area (Å²) in [4.78, 5) is 13.7. The fraction of sp³-hybridized carbons (Fsp3) is 0.611. The van der Waals surface area contributed by atoms with E-state index in [0.29, 0.717) is 32.1 Å². The third-order valence-corrected chi connectivity index (χ3v) is 7.11. The standard InChI is InChI=1S/C18H24F2N2O4S/c1-13(23)22(17-4-8-26-9-5-17)16-2-6-21(7-3-16)27(24,25)18-11-14(19)10-15(20)12-18/h10-12,16-17H,2-9H2,1H3. The molecule has 2 aliphatic rings. The Bertz CT molecular complexity index is 768. The number of carbonyl (C=O) groups excluding carboxylic acids is 1. The average molecular weight is 402 g/mol. The highest BCUT2D eigenvalue weighted by atomic mass is 32.2. The normalized spacial score (nSPS) is 20.6. The second-order valence-electron chi connectivity index (χ2n) is 7.01. The maximum atomic E-state index is 13.4. The molecule has 0 spiro atoms. The van der Waals surface area contributed by atoms with Gasteiger partial charge >= 0.3 is 0 Å². The highest BCUT2D eigenvalue weighted by Crippen LogP contribution is 2.27. The largest absolute Gasteiger partial charge is 0.381 e. The van der Waals surface area contributed by atoms with Crippen molar-refractivity contribution in [2.45, 2.75) is 49.6 Å². The van der Waals surface area contributed by atoms with Crippen LogP contribution < -0.4 is 0 Å². The Morgan fingerprint density at radius 2 is 1.56 bits per heavy atom. The van der Waals surface area contributed by atoms with Crippen LogP contribution in [0.4, 0.5) is 8.78 Å². The Balaban J connectivity index is 1.70. The number of ether oxygens (including phenoxy) is 1. The fourth-order valence-electron chi connectivity index (χ4n) is 3.96. The van der Waals surface area contributed by atoms with Crippen molar-refractivity contribution in [3.05, 3.63) is 29.8 Å². The molecule has 6 nitrogen and oxygen atoms in total. The lowest BCUT2D eigenvalue weighted by Crippen LogP contribution is -2.53. The first-order chi connectivity index (χ1) is 12.8. The lowest BCUT2D eigenvalue weighted by Gasteiger charge is -2.43. The molecule has 0 saturated carbocycles. The molecular weight excluding hydrogens is 378 g/mol. The third kappa shape index (κ3) is 4.47. The van der Waals surface area contributed by atoms with Crippen molar-refractivity contribution in [3.63, 3.8) is 0 Å². The Labute approximate surface area is 158 Å². The van der Waals surface area contributed by atoms with E-state index in [1.165, 1.54) is 11.2 Å². The number of piperidine rings is 1. The molecule has 0 radical (unpaired) electrons. The van der Waals surface area contributed by atoms with E-state index in [-0.39, 0.29) is 36.0 Å². The van der Waals surface area contributed by atoms with Gasteiger partial charge in [0.2, 0.25) is 15.9 Å². The van der Waals surface area contributed by atoms with Crippen molar-refractivity contribution < 1.29 is 26.7 Å². The van der Waals surface area contributed by atoms with E-state index in [1.54, 1.807) is 0 Å². The number of halogens is 2. The average Bonchev–Trinajstić information content (AvgIpc) is 2.62. The Kier molecular flexibility index (Phi) is 6.12. The molecule has 2 heterocycles. The summed E-state index contributed by atoms with van der Waals surface area (Å²) in [6.07, 6.45) is 2.54. The molecule has 0 aromatic heterocycles. The van der Waals surface area contributed by atoms with Crippen LogP contribution in [0.15, 0.2) is 23.1 Å². The minimum absolute atomic E-state index is 0.0181. The van der Waals surface area contributed by atoms with Crippen LogP contribution in [0.5, 0.6) is 0 Å². The molecule has 150 valence electrons. The van der Waals surface area contributed by atoms with Crippen LogP contribution in [0.1, 0.15) is 32.6 Å². The summed E-state index contributed by atoms with van der Waals surface area (Å²) in [7, 11) is -3.97. The number of hydrogen-bond acceptors (Lipinski definition) is 4. The predicted octanol–water partition coefficient (Wildman–Crippen LogP) is 2.15. The highest BCUT2D eigenvalue weighted by Gasteiger charge is 2.36. The maximum Gasteiger partial charge on any atom is 0.243 e. The van der Waals surface area contributed by atoms with Crippen molar-refractivity contribution in [3.8, 4) is 0 Å². The van der Waals surface area contributed by atoms with Gasteiger partial charge in [-0.15, -0.1) is 0 Å². The number of carbonyl (C=O) groups is 1. The van der Waals surface area contributed by atoms with Crippen molar-refractivity contribution in [1.29, 1.82) is 0 Å². The van der Waals surface area contributed by atoms with E-state index < -0.39 is 21.7 Å². The molecule has 1 aromatic rings. The molecule has 27 heavy (non-hydrogen) atoms. The lowest BCUT2D eigenvalue weighted by atomic mass is 9.99. The molecule has 0 N–H and O–H groups in total. The van der Waals surface area contributed by atoms with Gasteiger partial charge in [0, 0.05) is 51.4 Å². The number of sulfonamides is 1. The van der Waals surface area contributed by atoms with E-state index in [1.807, 2.05) is 4.90 Å². The number of benzene rings is 1. The molecule has 1 amide bonds. The monoisotopic (exact) mass is 402 g/mol. The van der Waals surface area contributed by atoms with E-state index in [0.717, 1.165) is 25.0 Å². The number of nitrogens with zero attached hydrogens (tertiary/aromatic N) is 2. The smallest absolute Gasteiger partial charge is 0.243 e. The third-order valence-electron chi connectivity index (χ3n) is 5.24. The van der Waals surface area contributed by atoms with Gasteiger partial charge in [0.1, 0.15) is 11.6 Å². The van der Waals surface area contributed by atoms with Crippen LogP contribution in [0, 0.1) is 11.6 Å². The van der Waals surface area contributed by atoms with Crippen LogP contribution in [0.3, 0.4) is 0 Å². The van der Waals surface area contributed by atoms with Gasteiger partial charge in [0.25, 0.3) is 0 Å². The summed E-state index contributed by atoms with van der Waals surface area (Å²) in [6.45, 7) is 3.18. The molecule has 0 aliphatic carbocycles. The topological polar surface area (TPSA) is 66.9 Å². The molecule has 2 fully saturated rings. The van der Waals surface area contributed by atoms with Crippen LogP contribution in [-0.2, 0) is 19.6 Å². The zero-order chi connectivity index (χ0) is 19.6. The number of amides is 1. The zero-order valence-corrected chi connectivity index (χ0v) is 16.1. The highest BCUT2D eigenvalue weighted by molar-refractivity contribution is 7.89. The van der Waals surface area contributed by atoms with Gasteiger partial charge in [0.05, 0.1) is 4.90 Å². The molecular formula is C18H24F2N2O4S. The number of rotatable bonds is 4. The number of hydrogen-bond donors (Lipinski definition) is 0. The van der Waals surface area contributed by atoms with Crippen LogP contribution in [0.2, 0.25) is 0 Å². The minimum Gasteiger partial charge on any atom is -0.381 e. The molecule has 0 unspecified atom stereocenters. The summed E-state index contributed by atoms with van der Waals surface area (Å²) in [5.74, 6) is -1.87. The van der Waals surface area contributed by atoms with E-state index in [4.69, 9.17) is 4.74 Å². The Hall–Kier alpha value is -1.58. The van der Waals surface area contributed by atoms with Gasteiger partial charge in [-0.25, -0.2) is 17.2 Å². The summed E-state index contributed by atoms with van der Waals surface area (Å²) >= 11 is 0. The fourth-order valence-corrected chi connectivity index (χ4v) is 5.48. The Morgan fingerprint density at radius 1 is 1.04 bits per heavy atom. The molecule has 3 rings (SSSR count). The molecule has 2 aliphatic heterocycles. The van der Waals surface area contributed by atoms with Crippen LogP contribution in [-0.4, -0.2) is 61.9 Å². The molecule has 0 atom stereocenters.